The summed E-state index contributed by atoms with van der Waals surface area (Å²) in [7, 11) is 0. The zero-order valence-electron chi connectivity index (χ0n) is 11.3. The Labute approximate surface area is 114 Å². The van der Waals surface area contributed by atoms with E-state index in [2.05, 4.69) is 11.5 Å². The van der Waals surface area contributed by atoms with Crippen molar-refractivity contribution in [2.45, 2.75) is 6.42 Å². The summed E-state index contributed by atoms with van der Waals surface area (Å²) >= 11 is 0. The second-order valence-corrected chi connectivity index (χ2v) is 4.66. The van der Waals surface area contributed by atoms with Gasteiger partial charge in [0, 0.05) is 25.3 Å². The zero-order valence-corrected chi connectivity index (χ0v) is 11.3. The standard InChI is InChI=1S/C15H22N2O2/c1-2-3-13-12-14(16)4-5-15(13)19-11-8-17-6-9-18-10-7-17/h2,4-5,12H,1,3,6-11,16H2. The van der Waals surface area contributed by atoms with E-state index in [0.29, 0.717) is 6.61 Å². The third-order valence-electron chi connectivity index (χ3n) is 3.22. The SMILES string of the molecule is C=CCc1cc(N)ccc1OCCN1CCOCC1. The van der Waals surface area contributed by atoms with E-state index >= 15 is 0 Å². The van der Waals surface area contributed by atoms with Gasteiger partial charge in [-0.25, -0.2) is 0 Å². The number of nitrogens with zero attached hydrogens (tertiary/aromatic N) is 1. The Bertz CT molecular complexity index is 415. The minimum Gasteiger partial charge on any atom is -0.492 e. The molecule has 0 radical (unpaired) electrons. The maximum atomic E-state index is 5.86. The van der Waals surface area contributed by atoms with Crippen molar-refractivity contribution in [2.75, 3.05) is 45.2 Å². The normalized spacial score (nSPS) is 16.2. The van der Waals surface area contributed by atoms with Crippen LogP contribution >= 0.6 is 0 Å². The number of benzene rings is 1. The fourth-order valence-electron chi connectivity index (χ4n) is 2.16. The summed E-state index contributed by atoms with van der Waals surface area (Å²) in [6.45, 7) is 9.01. The number of nitrogen functional groups attached to an aromatic ring is 1. The summed E-state index contributed by atoms with van der Waals surface area (Å²) in [6.07, 6.45) is 2.64. The van der Waals surface area contributed by atoms with Crippen molar-refractivity contribution < 1.29 is 9.47 Å². The highest BCUT2D eigenvalue weighted by Gasteiger charge is 2.10. The van der Waals surface area contributed by atoms with Crippen LogP contribution in [0, 0.1) is 0 Å². The van der Waals surface area contributed by atoms with Gasteiger partial charge in [-0.1, -0.05) is 6.08 Å². The van der Waals surface area contributed by atoms with E-state index in [9.17, 15) is 0 Å². The third kappa shape index (κ3) is 4.26. The third-order valence-corrected chi connectivity index (χ3v) is 3.22. The molecule has 0 unspecified atom stereocenters. The molecule has 0 amide bonds. The molecule has 4 heteroatoms. The maximum Gasteiger partial charge on any atom is 0.123 e. The monoisotopic (exact) mass is 262 g/mol. The van der Waals surface area contributed by atoms with E-state index in [-0.39, 0.29) is 0 Å². The van der Waals surface area contributed by atoms with Gasteiger partial charge >= 0.3 is 0 Å². The van der Waals surface area contributed by atoms with Gasteiger partial charge < -0.3 is 15.2 Å². The Hall–Kier alpha value is -1.52. The first-order chi connectivity index (χ1) is 9.29. The lowest BCUT2D eigenvalue weighted by atomic mass is 10.1. The van der Waals surface area contributed by atoms with Gasteiger partial charge in [-0.05, 0) is 30.2 Å². The van der Waals surface area contributed by atoms with E-state index in [0.717, 1.165) is 56.3 Å². The quantitative estimate of drug-likeness (QED) is 0.626. The summed E-state index contributed by atoms with van der Waals surface area (Å²) in [6, 6.07) is 5.76. The largest absolute Gasteiger partial charge is 0.492 e. The summed E-state index contributed by atoms with van der Waals surface area (Å²) < 4.78 is 11.2. The fraction of sp³-hybridized carbons (Fsp3) is 0.467. The first kappa shape index (κ1) is 13.9. The minimum atomic E-state index is 0.689. The Morgan fingerprint density at radius 2 is 2.16 bits per heavy atom. The Morgan fingerprint density at radius 1 is 1.37 bits per heavy atom. The molecule has 1 aromatic rings. The van der Waals surface area contributed by atoms with E-state index < -0.39 is 0 Å². The molecule has 0 atom stereocenters. The van der Waals surface area contributed by atoms with E-state index in [1.165, 1.54) is 0 Å². The Kier molecular flexibility index (Phi) is 5.24. The molecule has 19 heavy (non-hydrogen) atoms. The lowest BCUT2D eigenvalue weighted by molar-refractivity contribution is 0.0322. The maximum absolute atomic E-state index is 5.86. The molecule has 0 saturated carbocycles. The Morgan fingerprint density at radius 3 is 2.89 bits per heavy atom. The van der Waals surface area contributed by atoms with Crippen LogP contribution in [0.2, 0.25) is 0 Å². The second-order valence-electron chi connectivity index (χ2n) is 4.66. The second kappa shape index (κ2) is 7.16. The fourth-order valence-corrected chi connectivity index (χ4v) is 2.16. The molecule has 2 N–H and O–H groups in total. The van der Waals surface area contributed by atoms with Gasteiger partial charge in [0.2, 0.25) is 0 Å². The van der Waals surface area contributed by atoms with Gasteiger partial charge in [-0.15, -0.1) is 6.58 Å². The van der Waals surface area contributed by atoms with Gasteiger partial charge in [-0.2, -0.15) is 0 Å². The number of nitrogens with two attached hydrogens (primary N) is 1. The van der Waals surface area contributed by atoms with Crippen molar-refractivity contribution in [3.63, 3.8) is 0 Å². The van der Waals surface area contributed by atoms with Crippen molar-refractivity contribution >= 4 is 5.69 Å². The molecule has 0 spiro atoms. The minimum absolute atomic E-state index is 0.689. The van der Waals surface area contributed by atoms with Crippen molar-refractivity contribution in [3.05, 3.63) is 36.4 Å². The number of hydrogen-bond acceptors (Lipinski definition) is 4. The van der Waals surface area contributed by atoms with Crippen molar-refractivity contribution in [1.82, 2.24) is 4.90 Å². The molecular formula is C15H22N2O2. The first-order valence-corrected chi connectivity index (χ1v) is 6.72. The molecule has 0 aromatic heterocycles. The first-order valence-electron chi connectivity index (χ1n) is 6.72. The predicted octanol–water partition coefficient (Wildman–Crippen LogP) is 1.71. The number of hydrogen-bond donors (Lipinski definition) is 1. The van der Waals surface area contributed by atoms with Crippen LogP contribution in [0.4, 0.5) is 5.69 Å². The van der Waals surface area contributed by atoms with Gasteiger partial charge in [0.05, 0.1) is 13.2 Å². The average Bonchev–Trinajstić information content (AvgIpc) is 2.43. The number of ether oxygens (including phenoxy) is 2. The summed E-state index contributed by atoms with van der Waals surface area (Å²) in [5, 5.41) is 0. The van der Waals surface area contributed by atoms with E-state index in [4.69, 9.17) is 15.2 Å². The topological polar surface area (TPSA) is 47.7 Å². The number of anilines is 1. The van der Waals surface area contributed by atoms with Gasteiger partial charge in [0.25, 0.3) is 0 Å². The molecule has 1 fully saturated rings. The number of rotatable bonds is 6. The van der Waals surface area contributed by atoms with Crippen LogP contribution in [0.1, 0.15) is 5.56 Å². The molecule has 104 valence electrons. The smallest absolute Gasteiger partial charge is 0.123 e. The molecular weight excluding hydrogens is 240 g/mol. The zero-order chi connectivity index (χ0) is 13.5. The predicted molar refractivity (Wildman–Crippen MR) is 77.5 cm³/mol. The highest BCUT2D eigenvalue weighted by Crippen LogP contribution is 2.22. The lowest BCUT2D eigenvalue weighted by Crippen LogP contribution is -2.38. The van der Waals surface area contributed by atoms with Crippen LogP contribution in [0.5, 0.6) is 5.75 Å². The van der Waals surface area contributed by atoms with Gasteiger partial charge in [0.15, 0.2) is 0 Å². The molecule has 4 nitrogen and oxygen atoms in total. The molecule has 1 heterocycles. The lowest BCUT2D eigenvalue weighted by Gasteiger charge is -2.26. The van der Waals surface area contributed by atoms with Crippen LogP contribution in [0.15, 0.2) is 30.9 Å². The summed E-state index contributed by atoms with van der Waals surface area (Å²) in [5.41, 5.74) is 7.65. The number of morpholine rings is 1. The summed E-state index contributed by atoms with van der Waals surface area (Å²) in [4.78, 5) is 2.36. The highest BCUT2D eigenvalue weighted by atomic mass is 16.5. The van der Waals surface area contributed by atoms with Gasteiger partial charge in [0.1, 0.15) is 12.4 Å². The highest BCUT2D eigenvalue weighted by molar-refractivity contribution is 5.48. The van der Waals surface area contributed by atoms with Crippen LogP contribution in [-0.2, 0) is 11.2 Å². The molecule has 1 aliphatic heterocycles. The molecule has 1 saturated heterocycles. The Balaban J connectivity index is 1.85. The molecule has 0 bridgehead atoms. The molecule has 1 aliphatic rings. The average molecular weight is 262 g/mol. The van der Waals surface area contributed by atoms with Crippen LogP contribution in [0.25, 0.3) is 0 Å². The van der Waals surface area contributed by atoms with E-state index in [1.54, 1.807) is 0 Å². The van der Waals surface area contributed by atoms with E-state index in [1.807, 2.05) is 24.3 Å². The molecule has 2 rings (SSSR count). The molecule has 0 aliphatic carbocycles. The van der Waals surface area contributed by atoms with Crippen molar-refractivity contribution in [1.29, 1.82) is 0 Å². The van der Waals surface area contributed by atoms with Crippen molar-refractivity contribution in [3.8, 4) is 5.75 Å². The number of allylic oxidation sites excluding steroid dienone is 1. The van der Waals surface area contributed by atoms with Crippen LogP contribution in [-0.4, -0.2) is 44.4 Å². The molecule has 1 aromatic carbocycles. The van der Waals surface area contributed by atoms with Gasteiger partial charge in [-0.3, -0.25) is 4.90 Å². The van der Waals surface area contributed by atoms with Crippen LogP contribution in [0.3, 0.4) is 0 Å². The summed E-state index contributed by atoms with van der Waals surface area (Å²) in [5.74, 6) is 0.905. The van der Waals surface area contributed by atoms with Crippen molar-refractivity contribution in [2.24, 2.45) is 0 Å². The van der Waals surface area contributed by atoms with Crippen LogP contribution < -0.4 is 10.5 Å².